The predicted molar refractivity (Wildman–Crippen MR) is 310 cm³/mol. The Morgan fingerprint density at radius 1 is 0.654 bits per heavy atom. The molecule has 5 N–H and O–H groups in total. The fourth-order valence-corrected chi connectivity index (χ4v) is 10.7. The molecule has 0 radical (unpaired) electrons. The maximum Gasteiger partial charge on any atom is 0.407 e. The van der Waals surface area contributed by atoms with E-state index >= 15 is 0 Å². The lowest BCUT2D eigenvalue weighted by Gasteiger charge is -2.27. The number of hydrogen-bond acceptors (Lipinski definition) is 15. The molecule has 21 nitrogen and oxygen atoms in total. The Balaban J connectivity index is 1.37. The summed E-state index contributed by atoms with van der Waals surface area (Å²) in [6, 6.07) is 13.6. The van der Waals surface area contributed by atoms with Crippen LogP contribution in [0.5, 0.6) is 0 Å². The number of allylic oxidation sites excluding steroid dienone is 8. The van der Waals surface area contributed by atoms with Gasteiger partial charge in [0.25, 0.3) is 26.1 Å². The van der Waals surface area contributed by atoms with Crippen molar-refractivity contribution in [2.75, 3.05) is 116 Å². The molecule has 0 saturated heterocycles. The van der Waals surface area contributed by atoms with Crippen molar-refractivity contribution in [1.29, 1.82) is 0 Å². The Hall–Kier alpha value is -5.79. The zero-order valence-corrected chi connectivity index (χ0v) is 49.6. The number of hydrogen-bond donors (Lipinski definition) is 5. The molecule has 81 heavy (non-hydrogen) atoms. The molecule has 4 rings (SSSR count). The summed E-state index contributed by atoms with van der Waals surface area (Å²) in [5.74, 6) is -2.53. The standard InChI is InChI=1S/C58H85N5O16S2/c1-57(2)47-22-12-13-23-49(47)62(31-16-18-41-80(68,69)70)51(57)24-10-8-7-9-11-25-52-58(3,4)48-43-46(26-27-50(48)63(52)32-17-19-42-81(71,72)73)55(66)60-30-20-29-59-54(65)45(44-53(64)78-39-37-76-35-33-74-5)21-14-15-28-61-56(67)79-40-38-77-36-34-75-6/h7-13,22-27,43,45H,14-21,28-42,44H2,1-6H3,(H4-,59,60,61,65,66,67,68,69,70,71,72,73)/p+1. The van der Waals surface area contributed by atoms with E-state index in [-0.39, 0.29) is 81.1 Å². The van der Waals surface area contributed by atoms with E-state index in [1.165, 1.54) is 5.56 Å². The highest BCUT2D eigenvalue weighted by Gasteiger charge is 2.44. The lowest BCUT2D eigenvalue weighted by atomic mass is 9.81. The highest BCUT2D eigenvalue weighted by atomic mass is 32.2. The Morgan fingerprint density at radius 3 is 1.96 bits per heavy atom. The number of unbranched alkanes of at least 4 members (excludes halogenated alkanes) is 3. The number of rotatable bonds is 39. The summed E-state index contributed by atoms with van der Waals surface area (Å²) in [6.07, 6.45) is 16.4. The second kappa shape index (κ2) is 34.6. The number of benzene rings is 2. The summed E-state index contributed by atoms with van der Waals surface area (Å²) in [6.45, 7) is 12.4. The largest absolute Gasteiger partial charge is 0.463 e. The summed E-state index contributed by atoms with van der Waals surface area (Å²) in [4.78, 5) is 54.0. The van der Waals surface area contributed by atoms with Crippen LogP contribution >= 0.6 is 0 Å². The molecule has 0 bridgehead atoms. The Morgan fingerprint density at radius 2 is 1.27 bits per heavy atom. The highest BCUT2D eigenvalue weighted by molar-refractivity contribution is 7.86. The zero-order chi connectivity index (χ0) is 59.3. The first kappa shape index (κ1) is 67.7. The van der Waals surface area contributed by atoms with Gasteiger partial charge in [-0.15, -0.1) is 0 Å². The van der Waals surface area contributed by atoms with Gasteiger partial charge in [0, 0.05) is 92.8 Å². The number of nitrogens with one attached hydrogen (secondary N) is 3. The molecule has 3 amide bonds. The molecule has 1 atom stereocenters. The van der Waals surface area contributed by atoms with Crippen LogP contribution in [0, 0.1) is 5.92 Å². The molecule has 450 valence electrons. The van der Waals surface area contributed by atoms with E-state index in [0.717, 1.165) is 28.3 Å². The number of anilines is 1. The van der Waals surface area contributed by atoms with E-state index in [1.54, 1.807) is 20.3 Å². The number of methoxy groups -OCH3 is 2. The third-order valence-electron chi connectivity index (χ3n) is 13.8. The van der Waals surface area contributed by atoms with E-state index in [4.69, 9.17) is 28.4 Å². The van der Waals surface area contributed by atoms with Crippen molar-refractivity contribution in [2.24, 2.45) is 5.92 Å². The number of esters is 1. The first-order valence-corrected chi connectivity index (χ1v) is 30.9. The molecule has 0 aromatic heterocycles. The van der Waals surface area contributed by atoms with Gasteiger partial charge < -0.3 is 49.3 Å². The average Bonchev–Trinajstić information content (AvgIpc) is 3.76. The van der Waals surface area contributed by atoms with Crippen LogP contribution in [0.15, 0.2) is 90.7 Å². The van der Waals surface area contributed by atoms with Crippen molar-refractivity contribution in [2.45, 2.75) is 96.3 Å². The number of nitrogens with zero attached hydrogens (tertiary/aromatic N) is 2. The summed E-state index contributed by atoms with van der Waals surface area (Å²) >= 11 is 0. The zero-order valence-electron chi connectivity index (χ0n) is 48.0. The number of ether oxygens (including phenoxy) is 6. The van der Waals surface area contributed by atoms with Crippen LogP contribution in [0.2, 0.25) is 0 Å². The minimum atomic E-state index is -4.14. The SMILES string of the molecule is COCCOCCOC(=O)CC(CCCCNC(=O)OCCOCCOC)C(=O)NCCCNC(=O)c1ccc2c(c1)C(C)(C)C(=CC=CC=CC=CC1=[N+](CCCCS(=O)(=O)O)c3ccccc3C1(C)C)N2CCCCS(=O)(=O)O. The van der Waals surface area contributed by atoms with Crippen molar-refractivity contribution in [3.8, 4) is 0 Å². The molecule has 0 saturated carbocycles. The van der Waals surface area contributed by atoms with Crippen molar-refractivity contribution in [3.05, 3.63) is 107 Å². The molecule has 2 aliphatic rings. The maximum atomic E-state index is 13.6. The Bertz CT molecular complexity index is 2760. The predicted octanol–water partition coefficient (Wildman–Crippen LogP) is 6.76. The summed E-state index contributed by atoms with van der Waals surface area (Å²) in [5, 5.41) is 8.52. The minimum Gasteiger partial charge on any atom is -0.463 e. The number of fused-ring (bicyclic) bond motifs is 2. The number of carbonyl (C=O) groups excluding carboxylic acids is 4. The molecular formula is C58H86N5O16S2+. The highest BCUT2D eigenvalue weighted by Crippen LogP contribution is 2.48. The maximum absolute atomic E-state index is 13.6. The fourth-order valence-electron chi connectivity index (χ4n) is 9.52. The van der Waals surface area contributed by atoms with E-state index < -0.39 is 43.6 Å². The van der Waals surface area contributed by atoms with E-state index in [9.17, 15) is 45.1 Å². The molecular weight excluding hydrogens is 1090 g/mol. The van der Waals surface area contributed by atoms with Gasteiger partial charge in [-0.2, -0.15) is 21.4 Å². The van der Waals surface area contributed by atoms with Crippen LogP contribution in [0.25, 0.3) is 0 Å². The third kappa shape index (κ3) is 23.5. The smallest absolute Gasteiger partial charge is 0.407 e. The van der Waals surface area contributed by atoms with Crippen LogP contribution < -0.4 is 20.9 Å². The molecule has 2 aromatic rings. The average molecular weight is 1170 g/mol. The lowest BCUT2D eigenvalue weighted by Crippen LogP contribution is -2.35. The molecule has 2 heterocycles. The fraction of sp³-hybridized carbons (Fsp3) is 0.569. The van der Waals surface area contributed by atoms with E-state index in [0.29, 0.717) is 96.6 Å². The van der Waals surface area contributed by atoms with Crippen LogP contribution in [-0.4, -0.2) is 171 Å². The van der Waals surface area contributed by atoms with Gasteiger partial charge in [0.15, 0.2) is 5.71 Å². The van der Waals surface area contributed by atoms with Crippen LogP contribution in [0.3, 0.4) is 0 Å². The van der Waals surface area contributed by atoms with E-state index in [2.05, 4.69) is 71.3 Å². The van der Waals surface area contributed by atoms with E-state index in [1.807, 2.05) is 60.7 Å². The van der Waals surface area contributed by atoms with Gasteiger partial charge in [0.05, 0.1) is 63.0 Å². The summed E-state index contributed by atoms with van der Waals surface area (Å²) in [7, 11) is -5.06. The second-order valence-electron chi connectivity index (χ2n) is 20.6. The van der Waals surface area contributed by atoms with Crippen molar-refractivity contribution in [1.82, 2.24) is 16.0 Å². The van der Waals surface area contributed by atoms with Gasteiger partial charge in [0.2, 0.25) is 11.6 Å². The van der Waals surface area contributed by atoms with Gasteiger partial charge in [0.1, 0.15) is 19.8 Å². The second-order valence-corrected chi connectivity index (χ2v) is 23.8. The number of alkyl carbamates (subject to hydrolysis) is 1. The topological polar surface area (TPSA) is 275 Å². The molecule has 2 aliphatic heterocycles. The monoisotopic (exact) mass is 1170 g/mol. The third-order valence-corrected chi connectivity index (χ3v) is 15.4. The Kier molecular flexibility index (Phi) is 28.9. The normalized spacial score (nSPS) is 15.7. The number of amides is 3. The first-order valence-electron chi connectivity index (χ1n) is 27.6. The van der Waals surface area contributed by atoms with Crippen molar-refractivity contribution < 1.29 is 78.1 Å². The van der Waals surface area contributed by atoms with Gasteiger partial charge in [-0.1, -0.05) is 68.8 Å². The van der Waals surface area contributed by atoms with Gasteiger partial charge in [-0.25, -0.2) is 4.79 Å². The van der Waals surface area contributed by atoms with Crippen LogP contribution in [-0.2, 0) is 69.1 Å². The summed E-state index contributed by atoms with van der Waals surface area (Å²) < 4.78 is 97.6. The molecule has 2 aromatic carbocycles. The van der Waals surface area contributed by atoms with Crippen LogP contribution in [0.4, 0.5) is 16.2 Å². The first-order chi connectivity index (χ1) is 38.6. The molecule has 0 aliphatic carbocycles. The van der Waals surface area contributed by atoms with Gasteiger partial charge >= 0.3 is 12.1 Å². The molecule has 1 unspecified atom stereocenters. The molecule has 0 fully saturated rings. The number of para-hydroxylation sites is 1. The van der Waals surface area contributed by atoms with Crippen molar-refractivity contribution in [3.63, 3.8) is 0 Å². The lowest BCUT2D eigenvalue weighted by molar-refractivity contribution is -0.438. The summed E-state index contributed by atoms with van der Waals surface area (Å²) in [5.41, 5.74) is 5.52. The molecule has 0 spiro atoms. The molecule has 23 heteroatoms. The van der Waals surface area contributed by atoms with Gasteiger partial charge in [-0.3, -0.25) is 23.5 Å². The quantitative estimate of drug-likeness (QED) is 0.0152. The van der Waals surface area contributed by atoms with Crippen molar-refractivity contribution >= 4 is 61.2 Å². The van der Waals surface area contributed by atoms with Gasteiger partial charge in [-0.05, 0) is 82.2 Å². The Labute approximate surface area is 479 Å². The number of carbonyl (C=O) groups is 4. The van der Waals surface area contributed by atoms with Crippen LogP contribution in [0.1, 0.15) is 107 Å². The minimum absolute atomic E-state index is 0.0271.